The van der Waals surface area contributed by atoms with Crippen molar-refractivity contribution in [1.82, 2.24) is 9.78 Å². The molecule has 1 aliphatic heterocycles. The average molecular weight is 393 g/mol. The lowest BCUT2D eigenvalue weighted by Crippen LogP contribution is -2.32. The summed E-state index contributed by atoms with van der Waals surface area (Å²) in [5.74, 6) is 0.173. The number of Topliss-reactive ketones (excluding diaryl/α,β-unsaturated/α-hetero) is 1. The number of nitrogens with zero attached hydrogens (tertiary/aromatic N) is 2. The number of nitrogens with one attached hydrogen (secondary N) is 1. The van der Waals surface area contributed by atoms with Crippen LogP contribution in [-0.4, -0.2) is 20.7 Å². The first-order chi connectivity index (χ1) is 14.7. The number of anilines is 1. The molecule has 146 valence electrons. The molecule has 0 radical (unpaired) electrons. The minimum atomic E-state index is -0.336. The maximum absolute atomic E-state index is 13.5. The third-order valence-corrected chi connectivity index (χ3v) is 6.24. The highest BCUT2D eigenvalue weighted by Crippen LogP contribution is 2.55. The van der Waals surface area contributed by atoms with E-state index >= 15 is 0 Å². The second kappa shape index (κ2) is 6.32. The van der Waals surface area contributed by atoms with Crippen molar-refractivity contribution in [3.05, 3.63) is 107 Å². The quantitative estimate of drug-likeness (QED) is 0.519. The number of benzene rings is 3. The maximum Gasteiger partial charge on any atom is 0.220 e. The zero-order valence-corrected chi connectivity index (χ0v) is 16.1. The van der Waals surface area contributed by atoms with E-state index in [2.05, 4.69) is 5.32 Å². The zero-order chi connectivity index (χ0) is 20.2. The second-order valence-corrected chi connectivity index (χ2v) is 7.82. The van der Waals surface area contributed by atoms with Crippen molar-refractivity contribution in [2.75, 3.05) is 5.32 Å². The van der Waals surface area contributed by atoms with Crippen molar-refractivity contribution in [2.24, 2.45) is 5.92 Å². The number of fused-ring (bicyclic) bond motifs is 4. The zero-order valence-electron chi connectivity index (χ0n) is 16.1. The Morgan fingerprint density at radius 3 is 2.30 bits per heavy atom. The van der Waals surface area contributed by atoms with Crippen molar-refractivity contribution in [2.45, 2.75) is 12.0 Å². The molecule has 4 aromatic rings. The van der Waals surface area contributed by atoms with Gasteiger partial charge >= 0.3 is 0 Å². The number of hydrogen-bond donors (Lipinski definition) is 2. The summed E-state index contributed by atoms with van der Waals surface area (Å²) in [6.45, 7) is 0. The van der Waals surface area contributed by atoms with Crippen LogP contribution in [0.5, 0.6) is 5.88 Å². The van der Waals surface area contributed by atoms with Gasteiger partial charge in [-0.15, -0.1) is 5.10 Å². The Hall–Kier alpha value is -3.86. The summed E-state index contributed by atoms with van der Waals surface area (Å²) >= 11 is 0. The first-order valence-corrected chi connectivity index (χ1v) is 10.1. The number of carbonyl (C=O) groups is 1. The van der Waals surface area contributed by atoms with Crippen LogP contribution in [0, 0.1) is 5.92 Å². The molecular formula is C25H19N3O2. The van der Waals surface area contributed by atoms with Crippen LogP contribution in [0.25, 0.3) is 5.69 Å². The predicted molar refractivity (Wildman–Crippen MR) is 114 cm³/mol. The molecule has 0 bridgehead atoms. The van der Waals surface area contributed by atoms with Gasteiger partial charge in [0.2, 0.25) is 5.88 Å². The van der Waals surface area contributed by atoms with Gasteiger partial charge in [0.1, 0.15) is 0 Å². The monoisotopic (exact) mass is 393 g/mol. The highest BCUT2D eigenvalue weighted by atomic mass is 16.3. The Labute approximate surface area is 173 Å². The summed E-state index contributed by atoms with van der Waals surface area (Å²) in [6.07, 6.45) is 0. The summed E-state index contributed by atoms with van der Waals surface area (Å²) in [6, 6.07) is 27.1. The van der Waals surface area contributed by atoms with Gasteiger partial charge in [-0.2, -0.15) is 4.68 Å². The lowest BCUT2D eigenvalue weighted by atomic mass is 9.75. The van der Waals surface area contributed by atoms with Gasteiger partial charge in [0, 0.05) is 11.5 Å². The lowest BCUT2D eigenvalue weighted by Gasteiger charge is -2.34. The number of aromatic nitrogens is 2. The number of hydrogen-bond acceptors (Lipinski definition) is 4. The average Bonchev–Trinajstić information content (AvgIpc) is 3.28. The van der Waals surface area contributed by atoms with Crippen LogP contribution in [0.1, 0.15) is 39.0 Å². The van der Waals surface area contributed by atoms with E-state index < -0.39 is 0 Å². The van der Waals surface area contributed by atoms with Crippen LogP contribution in [0.4, 0.5) is 5.82 Å². The number of ketones is 1. The van der Waals surface area contributed by atoms with Crippen molar-refractivity contribution in [3.63, 3.8) is 0 Å². The largest absolute Gasteiger partial charge is 0.493 e. The molecule has 0 saturated heterocycles. The smallest absolute Gasteiger partial charge is 0.220 e. The van der Waals surface area contributed by atoms with Crippen LogP contribution in [0.15, 0.2) is 84.9 Å². The minimum absolute atomic E-state index is 0.0692. The van der Waals surface area contributed by atoms with Gasteiger partial charge in [0.15, 0.2) is 11.6 Å². The summed E-state index contributed by atoms with van der Waals surface area (Å²) < 4.78 is 1.55. The first kappa shape index (κ1) is 17.0. The van der Waals surface area contributed by atoms with Crippen LogP contribution < -0.4 is 5.32 Å². The van der Waals surface area contributed by atoms with Gasteiger partial charge in [-0.1, -0.05) is 72.8 Å². The van der Waals surface area contributed by atoms with E-state index in [0.717, 1.165) is 22.4 Å². The highest BCUT2D eigenvalue weighted by molar-refractivity contribution is 6.05. The fraction of sp³-hybridized carbons (Fsp3) is 0.120. The third-order valence-electron chi connectivity index (χ3n) is 6.24. The Kier molecular flexibility index (Phi) is 3.59. The van der Waals surface area contributed by atoms with Crippen molar-refractivity contribution in [1.29, 1.82) is 0 Å². The van der Waals surface area contributed by atoms with E-state index in [0.29, 0.717) is 11.4 Å². The first-order valence-electron chi connectivity index (χ1n) is 10.1. The van der Waals surface area contributed by atoms with Gasteiger partial charge in [-0.25, -0.2) is 0 Å². The normalized spacial score (nSPS) is 21.5. The van der Waals surface area contributed by atoms with Gasteiger partial charge in [0.25, 0.3) is 0 Å². The summed E-state index contributed by atoms with van der Waals surface area (Å²) in [5.41, 5.74) is 4.19. The molecule has 2 N–H and O–H groups in total. The van der Waals surface area contributed by atoms with E-state index in [9.17, 15) is 9.90 Å². The SMILES string of the molecule is O=C1c2ccccc2C2Nc3nn(-c4ccccc4)c(O)c3C(c3ccccc3)C12. The molecule has 3 unspecified atom stereocenters. The molecule has 0 saturated carbocycles. The molecule has 3 aromatic carbocycles. The summed E-state index contributed by atoms with van der Waals surface area (Å²) in [7, 11) is 0. The molecule has 0 amide bonds. The van der Waals surface area contributed by atoms with Crippen molar-refractivity contribution >= 4 is 11.6 Å². The van der Waals surface area contributed by atoms with Gasteiger partial charge in [0.05, 0.1) is 23.2 Å². The molecule has 5 nitrogen and oxygen atoms in total. The van der Waals surface area contributed by atoms with E-state index in [1.54, 1.807) is 4.68 Å². The number of para-hydroxylation sites is 1. The molecule has 0 spiro atoms. The topological polar surface area (TPSA) is 67.2 Å². The molecule has 1 aliphatic carbocycles. The van der Waals surface area contributed by atoms with Gasteiger partial charge in [-0.3, -0.25) is 4.79 Å². The second-order valence-electron chi connectivity index (χ2n) is 7.82. The molecule has 2 heterocycles. The van der Waals surface area contributed by atoms with Crippen molar-refractivity contribution in [3.8, 4) is 11.6 Å². The molecular weight excluding hydrogens is 374 g/mol. The van der Waals surface area contributed by atoms with Crippen LogP contribution in [-0.2, 0) is 0 Å². The van der Waals surface area contributed by atoms with Crippen LogP contribution >= 0.6 is 0 Å². The third kappa shape index (κ3) is 2.29. The maximum atomic E-state index is 13.5. The van der Waals surface area contributed by atoms with Crippen LogP contribution in [0.3, 0.4) is 0 Å². The summed E-state index contributed by atoms with van der Waals surface area (Å²) in [5, 5.41) is 19.4. The minimum Gasteiger partial charge on any atom is -0.493 e. The van der Waals surface area contributed by atoms with Crippen LogP contribution in [0.2, 0.25) is 0 Å². The molecule has 30 heavy (non-hydrogen) atoms. The van der Waals surface area contributed by atoms with E-state index in [-0.39, 0.29) is 29.5 Å². The highest BCUT2D eigenvalue weighted by Gasteiger charge is 2.50. The predicted octanol–water partition coefficient (Wildman–Crippen LogP) is 4.69. The number of aromatic hydroxyl groups is 1. The molecule has 3 atom stereocenters. The Bertz CT molecular complexity index is 1260. The van der Waals surface area contributed by atoms with E-state index in [1.807, 2.05) is 84.9 Å². The van der Waals surface area contributed by atoms with E-state index in [1.165, 1.54) is 0 Å². The molecule has 0 fully saturated rings. The molecule has 1 aromatic heterocycles. The Morgan fingerprint density at radius 1 is 0.867 bits per heavy atom. The van der Waals surface area contributed by atoms with Crippen molar-refractivity contribution < 1.29 is 9.90 Å². The van der Waals surface area contributed by atoms with Gasteiger partial charge in [-0.05, 0) is 23.3 Å². The lowest BCUT2D eigenvalue weighted by molar-refractivity contribution is 0.0912. The fourth-order valence-electron chi connectivity index (χ4n) is 4.95. The Morgan fingerprint density at radius 2 is 1.53 bits per heavy atom. The fourth-order valence-corrected chi connectivity index (χ4v) is 4.95. The molecule has 6 rings (SSSR count). The molecule has 2 aliphatic rings. The number of rotatable bonds is 2. The summed E-state index contributed by atoms with van der Waals surface area (Å²) in [4.78, 5) is 13.5. The van der Waals surface area contributed by atoms with E-state index in [4.69, 9.17) is 5.10 Å². The number of carbonyl (C=O) groups excluding carboxylic acids is 1. The molecule has 5 heteroatoms. The van der Waals surface area contributed by atoms with Gasteiger partial charge < -0.3 is 10.4 Å². The Balaban J connectivity index is 1.59. The standard InChI is InChI=1S/C25H19N3O2/c29-23-18-14-8-7-13-17(18)22-20(23)19(15-9-3-1-4-10-15)21-24(26-22)27-28(25(21)30)16-11-5-2-6-12-16/h1-14,19-20,22,30H,(H,26,27).